The molecule has 1 heterocycles. The van der Waals surface area contributed by atoms with E-state index in [0.29, 0.717) is 0 Å². The molecule has 1 aromatic heterocycles. The molecule has 0 saturated heterocycles. The van der Waals surface area contributed by atoms with Gasteiger partial charge in [0.2, 0.25) is 0 Å². The Hall–Kier alpha value is -0.880. The van der Waals surface area contributed by atoms with Crippen molar-refractivity contribution in [3.05, 3.63) is 23.0 Å². The van der Waals surface area contributed by atoms with Gasteiger partial charge >= 0.3 is 0 Å². The van der Waals surface area contributed by atoms with Gasteiger partial charge in [0.15, 0.2) is 0 Å². The minimum Gasteiger partial charge on any atom is -0.398 e. The van der Waals surface area contributed by atoms with Crippen molar-refractivity contribution < 1.29 is 15.3 Å². The third-order valence-corrected chi connectivity index (χ3v) is 2.36. The van der Waals surface area contributed by atoms with E-state index in [9.17, 15) is 10.2 Å². The average molecular weight is 233 g/mol. The highest BCUT2D eigenvalue weighted by molar-refractivity contribution is 6.30. The van der Waals surface area contributed by atoms with Crippen LogP contribution in [0.1, 0.15) is 18.1 Å². The summed E-state index contributed by atoms with van der Waals surface area (Å²) in [5, 5.41) is 27.9. The molecular formula is C9H13ClN2O3. The number of aromatic nitrogens is 1. The van der Waals surface area contributed by atoms with E-state index in [1.54, 1.807) is 0 Å². The minimum absolute atomic E-state index is 0.0475. The number of hydrogen-bond acceptors (Lipinski definition) is 5. The van der Waals surface area contributed by atoms with Gasteiger partial charge in [-0.05, 0) is 12.5 Å². The molecule has 15 heavy (non-hydrogen) atoms. The van der Waals surface area contributed by atoms with Crippen molar-refractivity contribution in [3.8, 4) is 0 Å². The molecule has 2 atom stereocenters. The highest BCUT2D eigenvalue weighted by atomic mass is 35.5. The molecular weight excluding hydrogens is 220 g/mol. The first-order valence-corrected chi connectivity index (χ1v) is 4.82. The van der Waals surface area contributed by atoms with Crippen molar-refractivity contribution in [2.75, 3.05) is 12.3 Å². The molecule has 0 saturated carbocycles. The van der Waals surface area contributed by atoms with Crippen LogP contribution in [-0.4, -0.2) is 33.0 Å². The van der Waals surface area contributed by atoms with Crippen LogP contribution in [0.4, 0.5) is 5.69 Å². The summed E-state index contributed by atoms with van der Waals surface area (Å²) in [6.07, 6.45) is -0.893. The Morgan fingerprint density at radius 2 is 2.13 bits per heavy atom. The third kappa shape index (κ3) is 2.79. The Morgan fingerprint density at radius 1 is 1.47 bits per heavy atom. The molecule has 0 spiro atoms. The fourth-order valence-electron chi connectivity index (χ4n) is 1.24. The van der Waals surface area contributed by atoms with Gasteiger partial charge in [-0.3, -0.25) is 0 Å². The first kappa shape index (κ1) is 12.2. The lowest BCUT2D eigenvalue weighted by Gasteiger charge is -2.19. The van der Waals surface area contributed by atoms with Gasteiger partial charge in [0.1, 0.15) is 11.3 Å². The second-order valence-corrected chi connectivity index (χ2v) is 3.49. The summed E-state index contributed by atoms with van der Waals surface area (Å²) in [5.74, 6) is 0. The fraction of sp³-hybridized carbons (Fsp3) is 0.444. The molecule has 6 heteroatoms. The van der Waals surface area contributed by atoms with Crippen molar-refractivity contribution in [2.45, 2.75) is 18.6 Å². The normalized spacial score (nSPS) is 14.9. The molecule has 0 aromatic carbocycles. The average Bonchev–Trinajstić information content (AvgIpc) is 2.17. The quantitative estimate of drug-likeness (QED) is 0.552. The highest BCUT2D eigenvalue weighted by Gasteiger charge is 2.23. The molecule has 1 aromatic rings. The molecule has 2 unspecified atom stereocenters. The van der Waals surface area contributed by atoms with Gasteiger partial charge in [-0.1, -0.05) is 11.6 Å². The van der Waals surface area contributed by atoms with Gasteiger partial charge in [0.25, 0.3) is 0 Å². The highest BCUT2D eigenvalue weighted by Crippen LogP contribution is 2.29. The molecule has 0 bridgehead atoms. The summed E-state index contributed by atoms with van der Waals surface area (Å²) in [7, 11) is 0. The van der Waals surface area contributed by atoms with Gasteiger partial charge < -0.3 is 21.1 Å². The maximum absolute atomic E-state index is 9.72. The first-order valence-electron chi connectivity index (χ1n) is 4.44. The number of aliphatic hydroxyl groups is 3. The molecule has 1 rings (SSSR count). The Labute approximate surface area is 92.1 Å². The Bertz CT molecular complexity index is 315. The third-order valence-electron chi connectivity index (χ3n) is 2.06. The zero-order valence-electron chi connectivity index (χ0n) is 7.97. The molecule has 5 N–H and O–H groups in total. The molecule has 0 aliphatic rings. The number of rotatable bonds is 4. The molecule has 84 valence electrons. The number of nitrogens with zero attached hydrogens (tertiary/aromatic N) is 1. The second-order valence-electron chi connectivity index (χ2n) is 3.13. The number of nitrogens with two attached hydrogens (primary N) is 1. The molecule has 5 nitrogen and oxygen atoms in total. The van der Waals surface area contributed by atoms with Crippen molar-refractivity contribution in [2.24, 2.45) is 0 Å². The summed E-state index contributed by atoms with van der Waals surface area (Å²) < 4.78 is 0. The number of nitrogen functional groups attached to an aromatic ring is 1. The van der Waals surface area contributed by atoms with Crippen LogP contribution in [0.15, 0.2) is 12.3 Å². The fourth-order valence-corrected chi connectivity index (χ4v) is 1.51. The van der Waals surface area contributed by atoms with Crippen LogP contribution in [0, 0.1) is 0 Å². The molecule has 0 fully saturated rings. The van der Waals surface area contributed by atoms with Crippen LogP contribution in [0.25, 0.3) is 0 Å². The van der Waals surface area contributed by atoms with Crippen LogP contribution >= 0.6 is 11.6 Å². The van der Waals surface area contributed by atoms with Crippen molar-refractivity contribution in [3.63, 3.8) is 0 Å². The zero-order chi connectivity index (χ0) is 11.4. The monoisotopic (exact) mass is 232 g/mol. The van der Waals surface area contributed by atoms with Gasteiger partial charge in [-0.2, -0.15) is 0 Å². The van der Waals surface area contributed by atoms with Crippen molar-refractivity contribution >= 4 is 17.3 Å². The lowest BCUT2D eigenvalue weighted by molar-refractivity contribution is 0.00449. The van der Waals surface area contributed by atoms with Crippen LogP contribution in [0.3, 0.4) is 0 Å². The van der Waals surface area contributed by atoms with Crippen molar-refractivity contribution in [1.29, 1.82) is 0 Å². The van der Waals surface area contributed by atoms with Crippen LogP contribution in [0.5, 0.6) is 0 Å². The summed E-state index contributed by atoms with van der Waals surface area (Å²) in [6, 6.07) is 1.48. The van der Waals surface area contributed by atoms with E-state index in [-0.39, 0.29) is 29.4 Å². The number of hydrogen-bond donors (Lipinski definition) is 4. The number of pyridine rings is 1. The maximum Gasteiger partial charge on any atom is 0.136 e. The summed E-state index contributed by atoms with van der Waals surface area (Å²) in [4.78, 5) is 3.76. The molecule has 0 radical (unpaired) electrons. The zero-order valence-corrected chi connectivity index (χ0v) is 8.72. The summed E-state index contributed by atoms with van der Waals surface area (Å²) in [6.45, 7) is -0.226. The lowest BCUT2D eigenvalue weighted by atomic mass is 10.0. The van der Waals surface area contributed by atoms with E-state index in [1.807, 2.05) is 0 Å². The Balaban J connectivity index is 2.94. The summed E-state index contributed by atoms with van der Waals surface area (Å²) >= 11 is 5.74. The van der Waals surface area contributed by atoms with E-state index in [0.717, 1.165) is 0 Å². The van der Waals surface area contributed by atoms with E-state index in [2.05, 4.69) is 4.98 Å². The number of aliphatic hydroxyl groups excluding tert-OH is 3. The van der Waals surface area contributed by atoms with Crippen LogP contribution in [0.2, 0.25) is 5.15 Å². The standard InChI is InChI=1S/C9H13ClN2O3/c10-9-7(5(11)1-3-12-9)8(15)6(14)2-4-13/h1,3,6,8,13-15H,2,4H2,(H2,11,12). The SMILES string of the molecule is Nc1ccnc(Cl)c1C(O)C(O)CCO. The van der Waals surface area contributed by atoms with Crippen LogP contribution < -0.4 is 5.73 Å². The number of anilines is 1. The first-order chi connectivity index (χ1) is 7.07. The molecule has 0 aliphatic heterocycles. The van der Waals surface area contributed by atoms with Gasteiger partial charge in [-0.15, -0.1) is 0 Å². The van der Waals surface area contributed by atoms with Gasteiger partial charge in [0, 0.05) is 24.1 Å². The van der Waals surface area contributed by atoms with E-state index in [4.69, 9.17) is 22.4 Å². The lowest BCUT2D eigenvalue weighted by Crippen LogP contribution is -2.21. The van der Waals surface area contributed by atoms with Gasteiger partial charge in [-0.25, -0.2) is 4.98 Å². The molecule has 0 aliphatic carbocycles. The number of halogens is 1. The van der Waals surface area contributed by atoms with E-state index >= 15 is 0 Å². The smallest absolute Gasteiger partial charge is 0.136 e. The van der Waals surface area contributed by atoms with E-state index < -0.39 is 12.2 Å². The largest absolute Gasteiger partial charge is 0.398 e. The second kappa shape index (κ2) is 5.27. The maximum atomic E-state index is 9.72. The van der Waals surface area contributed by atoms with E-state index in [1.165, 1.54) is 12.3 Å². The van der Waals surface area contributed by atoms with Crippen LogP contribution in [-0.2, 0) is 0 Å². The van der Waals surface area contributed by atoms with Gasteiger partial charge in [0.05, 0.1) is 6.10 Å². The summed E-state index contributed by atoms with van der Waals surface area (Å²) in [5.41, 5.74) is 6.06. The Morgan fingerprint density at radius 3 is 2.67 bits per heavy atom. The topological polar surface area (TPSA) is 99.6 Å². The minimum atomic E-state index is -1.24. The predicted octanol–water partition coefficient (Wildman–Crippen LogP) is 0.0939. The molecule has 0 amide bonds. The predicted molar refractivity (Wildman–Crippen MR) is 56.3 cm³/mol. The van der Waals surface area contributed by atoms with Crippen molar-refractivity contribution in [1.82, 2.24) is 4.98 Å². The Kier molecular flexibility index (Phi) is 4.28.